The minimum atomic E-state index is -0.469. The number of amides is 1. The number of carbonyl (C=O) groups is 1. The van der Waals surface area contributed by atoms with Gasteiger partial charge in [0.1, 0.15) is 0 Å². The van der Waals surface area contributed by atoms with E-state index >= 15 is 0 Å². The number of nitrogens with one attached hydrogen (secondary N) is 1. The van der Waals surface area contributed by atoms with Crippen molar-refractivity contribution < 1.29 is 4.79 Å². The second-order valence-electron chi connectivity index (χ2n) is 5.57. The van der Waals surface area contributed by atoms with Crippen molar-refractivity contribution in [3.05, 3.63) is 22.4 Å². The van der Waals surface area contributed by atoms with Crippen molar-refractivity contribution in [1.29, 1.82) is 0 Å². The first-order valence-corrected chi connectivity index (χ1v) is 8.59. The molecule has 0 spiro atoms. The highest BCUT2D eigenvalue weighted by Crippen LogP contribution is 2.27. The SMILES string of the molecule is NC(=S)C1(NC(=O)Cc2ccsc2)CCCCCCC1. The van der Waals surface area contributed by atoms with Gasteiger partial charge >= 0.3 is 0 Å². The molecule has 1 aromatic heterocycles. The summed E-state index contributed by atoms with van der Waals surface area (Å²) in [6, 6.07) is 1.98. The molecule has 110 valence electrons. The Morgan fingerprint density at radius 2 is 1.95 bits per heavy atom. The Bertz CT molecular complexity index is 448. The van der Waals surface area contributed by atoms with Crippen LogP contribution in [0, 0.1) is 0 Å². The van der Waals surface area contributed by atoms with Gasteiger partial charge in [0.25, 0.3) is 0 Å². The van der Waals surface area contributed by atoms with Crippen LogP contribution in [0.5, 0.6) is 0 Å². The lowest BCUT2D eigenvalue weighted by Gasteiger charge is -2.35. The Morgan fingerprint density at radius 1 is 1.30 bits per heavy atom. The highest BCUT2D eigenvalue weighted by Gasteiger charge is 2.34. The van der Waals surface area contributed by atoms with Crippen LogP contribution < -0.4 is 11.1 Å². The summed E-state index contributed by atoms with van der Waals surface area (Å²) in [4.78, 5) is 12.7. The highest BCUT2D eigenvalue weighted by atomic mass is 32.1. The molecule has 1 amide bonds. The first kappa shape index (κ1) is 15.4. The van der Waals surface area contributed by atoms with Gasteiger partial charge in [-0.2, -0.15) is 11.3 Å². The Labute approximate surface area is 129 Å². The summed E-state index contributed by atoms with van der Waals surface area (Å²) >= 11 is 6.87. The van der Waals surface area contributed by atoms with E-state index in [2.05, 4.69) is 5.32 Å². The molecular formula is C15H22N2OS2. The zero-order valence-corrected chi connectivity index (χ0v) is 13.3. The van der Waals surface area contributed by atoms with E-state index in [0.29, 0.717) is 11.4 Å². The molecule has 0 radical (unpaired) electrons. The van der Waals surface area contributed by atoms with Gasteiger partial charge in [-0.3, -0.25) is 4.79 Å². The van der Waals surface area contributed by atoms with E-state index in [9.17, 15) is 4.79 Å². The van der Waals surface area contributed by atoms with Gasteiger partial charge < -0.3 is 11.1 Å². The van der Waals surface area contributed by atoms with Crippen LogP contribution in [0.4, 0.5) is 0 Å². The van der Waals surface area contributed by atoms with Gasteiger partial charge in [0, 0.05) is 0 Å². The summed E-state index contributed by atoms with van der Waals surface area (Å²) in [5, 5.41) is 7.13. The molecule has 1 aliphatic rings. The van der Waals surface area contributed by atoms with Crippen LogP contribution in [0.25, 0.3) is 0 Å². The van der Waals surface area contributed by atoms with Gasteiger partial charge in [-0.15, -0.1) is 0 Å². The average Bonchev–Trinajstić information content (AvgIpc) is 2.85. The molecule has 1 aromatic rings. The molecule has 1 heterocycles. The molecule has 0 atom stereocenters. The van der Waals surface area contributed by atoms with Crippen LogP contribution in [-0.2, 0) is 11.2 Å². The quantitative estimate of drug-likeness (QED) is 0.840. The van der Waals surface area contributed by atoms with Crippen LogP contribution in [0.1, 0.15) is 50.5 Å². The molecular weight excluding hydrogens is 288 g/mol. The van der Waals surface area contributed by atoms with Gasteiger partial charge in [0.05, 0.1) is 16.9 Å². The van der Waals surface area contributed by atoms with E-state index in [4.69, 9.17) is 18.0 Å². The van der Waals surface area contributed by atoms with E-state index in [1.807, 2.05) is 16.8 Å². The number of nitrogens with two attached hydrogens (primary N) is 1. The van der Waals surface area contributed by atoms with Crippen LogP contribution in [0.2, 0.25) is 0 Å². The fraction of sp³-hybridized carbons (Fsp3) is 0.600. The van der Waals surface area contributed by atoms with Gasteiger partial charge in [-0.05, 0) is 35.2 Å². The summed E-state index contributed by atoms with van der Waals surface area (Å²) in [5.41, 5.74) is 6.55. The lowest BCUT2D eigenvalue weighted by atomic mass is 9.83. The summed E-state index contributed by atoms with van der Waals surface area (Å²) in [6.07, 6.45) is 7.99. The van der Waals surface area contributed by atoms with Crippen LogP contribution >= 0.6 is 23.6 Å². The monoisotopic (exact) mass is 310 g/mol. The summed E-state index contributed by atoms with van der Waals surface area (Å²) in [5.74, 6) is 0.0248. The normalized spacial score (nSPS) is 18.8. The lowest BCUT2D eigenvalue weighted by Crippen LogP contribution is -2.57. The Hall–Kier alpha value is -0.940. The summed E-state index contributed by atoms with van der Waals surface area (Å²) in [6.45, 7) is 0. The molecule has 2 rings (SSSR count). The van der Waals surface area contributed by atoms with Crippen LogP contribution in [-0.4, -0.2) is 16.4 Å². The van der Waals surface area contributed by atoms with Crippen LogP contribution in [0.3, 0.4) is 0 Å². The summed E-state index contributed by atoms with van der Waals surface area (Å²) in [7, 11) is 0. The second-order valence-corrected chi connectivity index (χ2v) is 6.79. The first-order chi connectivity index (χ1) is 9.62. The van der Waals surface area contributed by atoms with E-state index in [0.717, 1.165) is 31.2 Å². The van der Waals surface area contributed by atoms with Crippen LogP contribution in [0.15, 0.2) is 16.8 Å². The number of rotatable bonds is 4. The van der Waals surface area contributed by atoms with Crippen molar-refractivity contribution in [1.82, 2.24) is 5.32 Å². The molecule has 0 unspecified atom stereocenters. The third-order valence-electron chi connectivity index (χ3n) is 4.00. The topological polar surface area (TPSA) is 55.1 Å². The number of carbonyl (C=O) groups excluding carboxylic acids is 1. The standard InChI is InChI=1S/C15H22N2OS2/c16-14(19)15(7-4-2-1-3-5-8-15)17-13(18)10-12-6-9-20-11-12/h6,9,11H,1-5,7-8,10H2,(H2,16,19)(H,17,18). The Kier molecular flexibility index (Phi) is 5.54. The molecule has 5 heteroatoms. The maximum atomic E-state index is 12.3. The average molecular weight is 310 g/mol. The molecule has 1 saturated carbocycles. The van der Waals surface area contributed by atoms with Gasteiger partial charge in [0.15, 0.2) is 0 Å². The highest BCUT2D eigenvalue weighted by molar-refractivity contribution is 7.80. The van der Waals surface area contributed by atoms with Crippen molar-refractivity contribution in [2.45, 2.75) is 56.9 Å². The fourth-order valence-electron chi connectivity index (χ4n) is 2.83. The Balaban J connectivity index is 2.03. The van der Waals surface area contributed by atoms with Crippen molar-refractivity contribution in [3.8, 4) is 0 Å². The van der Waals surface area contributed by atoms with E-state index in [1.54, 1.807) is 11.3 Å². The van der Waals surface area contributed by atoms with Crippen molar-refractivity contribution >= 4 is 34.5 Å². The van der Waals surface area contributed by atoms with Crippen molar-refractivity contribution in [2.24, 2.45) is 5.73 Å². The lowest BCUT2D eigenvalue weighted by molar-refractivity contribution is -0.121. The zero-order valence-electron chi connectivity index (χ0n) is 11.7. The molecule has 3 N–H and O–H groups in total. The minimum absolute atomic E-state index is 0.0248. The predicted molar refractivity (Wildman–Crippen MR) is 88.0 cm³/mol. The largest absolute Gasteiger partial charge is 0.391 e. The third kappa shape index (κ3) is 4.03. The Morgan fingerprint density at radius 3 is 2.50 bits per heavy atom. The van der Waals surface area contributed by atoms with Gasteiger partial charge in [-0.1, -0.05) is 44.3 Å². The number of hydrogen-bond acceptors (Lipinski definition) is 3. The van der Waals surface area contributed by atoms with Crippen molar-refractivity contribution in [2.75, 3.05) is 0 Å². The molecule has 3 nitrogen and oxygen atoms in total. The molecule has 0 aliphatic heterocycles. The number of hydrogen-bond donors (Lipinski definition) is 2. The number of thiocarbonyl (C=S) groups is 1. The zero-order chi connectivity index (χ0) is 14.4. The maximum Gasteiger partial charge on any atom is 0.225 e. The maximum absolute atomic E-state index is 12.3. The molecule has 1 aliphatic carbocycles. The smallest absolute Gasteiger partial charge is 0.225 e. The molecule has 20 heavy (non-hydrogen) atoms. The summed E-state index contributed by atoms with van der Waals surface area (Å²) < 4.78 is 0. The predicted octanol–water partition coefficient (Wildman–Crippen LogP) is 3.18. The van der Waals surface area contributed by atoms with E-state index in [1.165, 1.54) is 19.3 Å². The molecule has 0 saturated heterocycles. The molecule has 0 bridgehead atoms. The fourth-order valence-corrected chi connectivity index (χ4v) is 3.76. The number of thiophene rings is 1. The minimum Gasteiger partial charge on any atom is -0.391 e. The van der Waals surface area contributed by atoms with Gasteiger partial charge in [-0.25, -0.2) is 0 Å². The second kappa shape index (κ2) is 7.18. The first-order valence-electron chi connectivity index (χ1n) is 7.24. The molecule has 0 aromatic carbocycles. The van der Waals surface area contributed by atoms with Gasteiger partial charge in [0.2, 0.25) is 5.91 Å². The molecule has 1 fully saturated rings. The van der Waals surface area contributed by atoms with E-state index < -0.39 is 5.54 Å². The van der Waals surface area contributed by atoms with E-state index in [-0.39, 0.29) is 5.91 Å². The third-order valence-corrected chi connectivity index (χ3v) is 5.13. The van der Waals surface area contributed by atoms with Crippen molar-refractivity contribution in [3.63, 3.8) is 0 Å².